The Balaban J connectivity index is 1.72. The van der Waals surface area contributed by atoms with E-state index in [0.29, 0.717) is 22.8 Å². The van der Waals surface area contributed by atoms with Crippen LogP contribution in [0.1, 0.15) is 13.8 Å². The average Bonchev–Trinajstić information content (AvgIpc) is 2.89. The number of azo groups is 1. The largest absolute Gasteiger partial charge is 0.326 e. The number of carbonyl (C=O) groups is 2. The van der Waals surface area contributed by atoms with E-state index in [0.717, 1.165) is 0 Å². The first-order valence-corrected chi connectivity index (χ1v) is 7.77. The molecule has 126 valence electrons. The average molecular weight is 335 g/mol. The fourth-order valence-electron chi connectivity index (χ4n) is 2.38. The molecule has 1 heterocycles. The standard InChI is InChI=1S/C18H17N5O2/c1-12-17(18(25)23(22-12)16-6-4-3-5-7-16)21-20-15-10-8-14(9-11-15)19-13(2)24/h3-11,17H,1-2H3,(H,19,24). The number of hydrogen-bond donors (Lipinski definition) is 1. The maximum Gasteiger partial charge on any atom is 0.280 e. The molecule has 0 bridgehead atoms. The van der Waals surface area contributed by atoms with E-state index in [-0.39, 0.29) is 11.8 Å². The highest BCUT2D eigenvalue weighted by Gasteiger charge is 2.34. The zero-order chi connectivity index (χ0) is 17.8. The van der Waals surface area contributed by atoms with Gasteiger partial charge in [-0.15, -0.1) is 0 Å². The van der Waals surface area contributed by atoms with E-state index in [9.17, 15) is 9.59 Å². The van der Waals surface area contributed by atoms with Gasteiger partial charge in [-0.25, -0.2) is 0 Å². The lowest BCUT2D eigenvalue weighted by atomic mass is 10.2. The smallest absolute Gasteiger partial charge is 0.280 e. The van der Waals surface area contributed by atoms with Gasteiger partial charge in [-0.2, -0.15) is 20.3 Å². The van der Waals surface area contributed by atoms with Crippen molar-refractivity contribution in [3.8, 4) is 0 Å². The van der Waals surface area contributed by atoms with Gasteiger partial charge in [-0.3, -0.25) is 9.59 Å². The Morgan fingerprint density at radius 3 is 2.44 bits per heavy atom. The molecule has 0 aromatic heterocycles. The normalized spacial score (nSPS) is 17.0. The number of benzene rings is 2. The van der Waals surface area contributed by atoms with Crippen LogP contribution in [0, 0.1) is 0 Å². The second-order valence-electron chi connectivity index (χ2n) is 5.57. The molecule has 1 aliphatic rings. The monoisotopic (exact) mass is 335 g/mol. The van der Waals surface area contributed by atoms with E-state index in [1.165, 1.54) is 11.9 Å². The van der Waals surface area contributed by atoms with Gasteiger partial charge in [-0.05, 0) is 43.3 Å². The molecule has 0 saturated carbocycles. The molecule has 0 fully saturated rings. The minimum Gasteiger partial charge on any atom is -0.326 e. The van der Waals surface area contributed by atoms with Crippen molar-refractivity contribution in [3.05, 3.63) is 54.6 Å². The third kappa shape index (κ3) is 3.77. The molecule has 0 saturated heterocycles. The Morgan fingerprint density at radius 2 is 1.80 bits per heavy atom. The number of para-hydroxylation sites is 1. The van der Waals surface area contributed by atoms with Crippen molar-refractivity contribution in [1.82, 2.24) is 0 Å². The first-order valence-electron chi connectivity index (χ1n) is 7.77. The molecule has 0 aliphatic carbocycles. The molecule has 0 spiro atoms. The predicted octanol–water partition coefficient (Wildman–Crippen LogP) is 3.52. The fourth-order valence-corrected chi connectivity index (χ4v) is 2.38. The van der Waals surface area contributed by atoms with E-state index in [1.807, 2.05) is 30.3 Å². The molecule has 7 heteroatoms. The number of amides is 2. The molecular weight excluding hydrogens is 318 g/mol. The number of nitrogens with one attached hydrogen (secondary N) is 1. The van der Waals surface area contributed by atoms with Crippen LogP contribution in [0.5, 0.6) is 0 Å². The maximum absolute atomic E-state index is 12.5. The number of nitrogens with zero attached hydrogens (tertiary/aromatic N) is 4. The molecule has 2 aromatic rings. The SMILES string of the molecule is CC(=O)Nc1ccc(N=NC2C(=O)N(c3ccccc3)N=C2C)cc1. The minimum absolute atomic E-state index is 0.140. The third-order valence-electron chi connectivity index (χ3n) is 3.57. The molecule has 1 N–H and O–H groups in total. The quantitative estimate of drug-likeness (QED) is 0.867. The summed E-state index contributed by atoms with van der Waals surface area (Å²) in [5.74, 6) is -0.374. The van der Waals surface area contributed by atoms with E-state index >= 15 is 0 Å². The second kappa shape index (κ2) is 7.04. The van der Waals surface area contributed by atoms with Crippen molar-refractivity contribution in [2.75, 3.05) is 10.3 Å². The summed E-state index contributed by atoms with van der Waals surface area (Å²) in [5.41, 5.74) is 2.56. The second-order valence-corrected chi connectivity index (χ2v) is 5.57. The molecule has 1 unspecified atom stereocenters. The molecule has 2 amide bonds. The van der Waals surface area contributed by atoms with Gasteiger partial charge in [0.15, 0.2) is 6.04 Å². The Kier molecular flexibility index (Phi) is 4.65. The van der Waals surface area contributed by atoms with Crippen LogP contribution in [-0.2, 0) is 9.59 Å². The van der Waals surface area contributed by atoms with Gasteiger partial charge in [0, 0.05) is 12.6 Å². The van der Waals surface area contributed by atoms with E-state index in [4.69, 9.17) is 0 Å². The first-order chi connectivity index (χ1) is 12.0. The van der Waals surface area contributed by atoms with E-state index < -0.39 is 6.04 Å². The molecule has 25 heavy (non-hydrogen) atoms. The zero-order valence-corrected chi connectivity index (χ0v) is 13.9. The number of anilines is 2. The van der Waals surface area contributed by atoms with Crippen molar-refractivity contribution >= 4 is 34.6 Å². The van der Waals surface area contributed by atoms with Gasteiger partial charge >= 0.3 is 0 Å². The highest BCUT2D eigenvalue weighted by Crippen LogP contribution is 2.23. The van der Waals surface area contributed by atoms with E-state index in [2.05, 4.69) is 20.6 Å². The molecule has 1 atom stereocenters. The Hall–Kier alpha value is -3.35. The van der Waals surface area contributed by atoms with Crippen LogP contribution in [0.3, 0.4) is 0 Å². The van der Waals surface area contributed by atoms with Crippen LogP contribution >= 0.6 is 0 Å². The Morgan fingerprint density at radius 1 is 1.12 bits per heavy atom. The van der Waals surface area contributed by atoms with Gasteiger partial charge in [-0.1, -0.05) is 18.2 Å². The lowest BCUT2D eigenvalue weighted by Gasteiger charge is -2.11. The number of rotatable bonds is 4. The van der Waals surface area contributed by atoms with Crippen LogP contribution in [-0.4, -0.2) is 23.6 Å². The lowest BCUT2D eigenvalue weighted by molar-refractivity contribution is -0.118. The molecule has 1 aliphatic heterocycles. The summed E-state index contributed by atoms with van der Waals surface area (Å²) in [6.07, 6.45) is 0. The number of hydrogen-bond acceptors (Lipinski definition) is 5. The summed E-state index contributed by atoms with van der Waals surface area (Å²) in [6.45, 7) is 3.20. The highest BCUT2D eigenvalue weighted by atomic mass is 16.2. The van der Waals surface area contributed by atoms with E-state index in [1.54, 1.807) is 31.2 Å². The van der Waals surface area contributed by atoms with Gasteiger partial charge in [0.25, 0.3) is 5.91 Å². The molecule has 3 rings (SSSR count). The number of hydrazone groups is 1. The Bertz CT molecular complexity index is 844. The summed E-state index contributed by atoms with van der Waals surface area (Å²) in [5, 5.41) is 16.6. The van der Waals surface area contributed by atoms with Gasteiger partial charge in [0.2, 0.25) is 5.91 Å². The highest BCUT2D eigenvalue weighted by molar-refractivity contribution is 6.18. The molecule has 0 radical (unpaired) electrons. The van der Waals surface area contributed by atoms with Crippen LogP contribution in [0.15, 0.2) is 69.9 Å². The van der Waals surface area contributed by atoms with Crippen LogP contribution in [0.25, 0.3) is 0 Å². The zero-order valence-electron chi connectivity index (χ0n) is 13.9. The molecular formula is C18H17N5O2. The summed E-state index contributed by atoms with van der Waals surface area (Å²) in [4.78, 5) is 23.5. The van der Waals surface area contributed by atoms with Crippen molar-refractivity contribution in [3.63, 3.8) is 0 Å². The maximum atomic E-state index is 12.5. The molecule has 7 nitrogen and oxygen atoms in total. The number of carbonyl (C=O) groups excluding carboxylic acids is 2. The summed E-state index contributed by atoms with van der Waals surface area (Å²) >= 11 is 0. The van der Waals surface area contributed by atoms with Crippen molar-refractivity contribution in [2.24, 2.45) is 15.3 Å². The topological polar surface area (TPSA) is 86.5 Å². The summed E-state index contributed by atoms with van der Waals surface area (Å²) in [6, 6.07) is 15.4. The van der Waals surface area contributed by atoms with Gasteiger partial charge in [0.05, 0.1) is 17.1 Å². The fraction of sp³-hybridized carbons (Fsp3) is 0.167. The lowest BCUT2D eigenvalue weighted by Crippen LogP contribution is -2.29. The minimum atomic E-state index is -0.727. The summed E-state index contributed by atoms with van der Waals surface area (Å²) in [7, 11) is 0. The summed E-state index contributed by atoms with van der Waals surface area (Å²) < 4.78 is 0. The van der Waals surface area contributed by atoms with Crippen LogP contribution < -0.4 is 10.3 Å². The first kappa shape index (κ1) is 16.5. The van der Waals surface area contributed by atoms with Gasteiger partial charge in [0.1, 0.15) is 0 Å². The van der Waals surface area contributed by atoms with Crippen LogP contribution in [0.4, 0.5) is 17.1 Å². The van der Waals surface area contributed by atoms with Crippen molar-refractivity contribution in [2.45, 2.75) is 19.9 Å². The van der Waals surface area contributed by atoms with Crippen molar-refractivity contribution < 1.29 is 9.59 Å². The van der Waals surface area contributed by atoms with Gasteiger partial charge < -0.3 is 5.32 Å². The molecule has 2 aromatic carbocycles. The van der Waals surface area contributed by atoms with Crippen molar-refractivity contribution in [1.29, 1.82) is 0 Å². The third-order valence-corrected chi connectivity index (χ3v) is 3.57. The van der Waals surface area contributed by atoms with Crippen LogP contribution in [0.2, 0.25) is 0 Å². The predicted molar refractivity (Wildman–Crippen MR) is 96.1 cm³/mol. The Labute approximate surface area is 145 Å².